The molecule has 108 valence electrons. The molecular weight excluding hydrogens is 273 g/mol. The van der Waals surface area contributed by atoms with Gasteiger partial charge >= 0.3 is 6.18 Å². The van der Waals surface area contributed by atoms with Gasteiger partial charge in [0.15, 0.2) is 5.78 Å². The molecule has 1 aromatic carbocycles. The number of alkyl halides is 3. The summed E-state index contributed by atoms with van der Waals surface area (Å²) in [6.07, 6.45) is -3.90. The number of para-hydroxylation sites is 1. The van der Waals surface area contributed by atoms with Crippen molar-refractivity contribution in [1.29, 1.82) is 0 Å². The molecule has 1 heterocycles. The molecule has 0 amide bonds. The Bertz CT molecular complexity index is 587. The van der Waals surface area contributed by atoms with Crippen molar-refractivity contribution in [2.45, 2.75) is 19.0 Å². The van der Waals surface area contributed by atoms with Crippen LogP contribution in [-0.4, -0.2) is 25.2 Å². The summed E-state index contributed by atoms with van der Waals surface area (Å²) in [6, 6.07) is 7.04. The molecule has 0 aliphatic heterocycles. The lowest BCUT2D eigenvalue weighted by Crippen LogP contribution is -2.12. The molecule has 0 bridgehead atoms. The molecule has 0 atom stereocenters. The lowest BCUT2D eigenvalue weighted by atomic mass is 10.1. The first-order chi connectivity index (χ1) is 9.47. The second-order valence-corrected chi connectivity index (χ2v) is 4.34. The van der Waals surface area contributed by atoms with E-state index >= 15 is 0 Å². The maximum atomic E-state index is 11.9. The van der Waals surface area contributed by atoms with Gasteiger partial charge in [0.25, 0.3) is 0 Å². The second kappa shape index (κ2) is 6.09. The van der Waals surface area contributed by atoms with Crippen LogP contribution in [0.3, 0.4) is 0 Å². The Morgan fingerprint density at radius 3 is 2.75 bits per heavy atom. The Morgan fingerprint density at radius 2 is 2.00 bits per heavy atom. The first kappa shape index (κ1) is 14.6. The number of rotatable bonds is 6. The van der Waals surface area contributed by atoms with Crippen LogP contribution in [0.25, 0.3) is 11.0 Å². The first-order valence-electron chi connectivity index (χ1n) is 6.11. The molecule has 0 aliphatic carbocycles. The maximum absolute atomic E-state index is 11.9. The molecule has 0 radical (unpaired) electrons. The van der Waals surface area contributed by atoms with Gasteiger partial charge in [0.1, 0.15) is 18.5 Å². The van der Waals surface area contributed by atoms with Gasteiger partial charge in [-0.05, 0) is 12.5 Å². The highest BCUT2D eigenvalue weighted by atomic mass is 19.4. The summed E-state index contributed by atoms with van der Waals surface area (Å²) in [6.45, 7) is -0.345. The minimum Gasteiger partial charge on any atom is -0.464 e. The molecule has 20 heavy (non-hydrogen) atoms. The highest BCUT2D eigenvalue weighted by molar-refractivity contribution is 6.07. The van der Waals surface area contributed by atoms with Gasteiger partial charge in [-0.2, -0.15) is 13.2 Å². The summed E-state index contributed by atoms with van der Waals surface area (Å²) >= 11 is 0. The number of ether oxygens (including phenoxy) is 1. The number of hydrogen-bond acceptors (Lipinski definition) is 3. The Balaban J connectivity index is 1.84. The molecule has 0 aliphatic rings. The smallest absolute Gasteiger partial charge is 0.389 e. The van der Waals surface area contributed by atoms with Gasteiger partial charge in [-0.1, -0.05) is 18.2 Å². The predicted octanol–water partition coefficient (Wildman–Crippen LogP) is 3.97. The van der Waals surface area contributed by atoms with Crippen molar-refractivity contribution in [2.24, 2.45) is 0 Å². The monoisotopic (exact) mass is 286 g/mol. The van der Waals surface area contributed by atoms with Crippen LogP contribution in [0.2, 0.25) is 0 Å². The van der Waals surface area contributed by atoms with E-state index in [2.05, 4.69) is 0 Å². The normalized spacial score (nSPS) is 11.9. The summed E-state index contributed by atoms with van der Waals surface area (Å²) in [5.41, 5.74) is 0.976. The van der Waals surface area contributed by atoms with Gasteiger partial charge in [-0.3, -0.25) is 4.79 Å². The molecule has 0 unspecified atom stereocenters. The Morgan fingerprint density at radius 1 is 1.25 bits per heavy atom. The number of carbonyl (C=O) groups excluding carboxylic acids is 1. The van der Waals surface area contributed by atoms with Crippen LogP contribution in [0, 0.1) is 0 Å². The van der Waals surface area contributed by atoms with Gasteiger partial charge in [0.2, 0.25) is 0 Å². The van der Waals surface area contributed by atoms with Crippen molar-refractivity contribution < 1.29 is 27.1 Å². The molecule has 6 heteroatoms. The second-order valence-electron chi connectivity index (χ2n) is 4.34. The third kappa shape index (κ3) is 3.84. The number of carbonyl (C=O) groups is 1. The maximum Gasteiger partial charge on any atom is 0.389 e. The van der Waals surface area contributed by atoms with Crippen LogP contribution in [0.5, 0.6) is 0 Å². The summed E-state index contributed by atoms with van der Waals surface area (Å²) in [5, 5.41) is 0.677. The number of benzene rings is 1. The number of ketones is 1. The number of Topliss-reactive ketones (excluding diaryl/α,β-unsaturated/α-hetero) is 1. The number of hydrogen-bond donors (Lipinski definition) is 0. The van der Waals surface area contributed by atoms with Crippen LogP contribution in [0.15, 0.2) is 34.9 Å². The molecule has 2 rings (SSSR count). The van der Waals surface area contributed by atoms with E-state index in [1.54, 1.807) is 24.3 Å². The average Bonchev–Trinajstić information content (AvgIpc) is 2.80. The Hall–Kier alpha value is -1.82. The summed E-state index contributed by atoms with van der Waals surface area (Å²) in [4.78, 5) is 11.9. The number of fused-ring (bicyclic) bond motifs is 1. The van der Waals surface area contributed by atoms with Gasteiger partial charge in [0.05, 0.1) is 5.56 Å². The molecule has 0 saturated carbocycles. The van der Waals surface area contributed by atoms with Crippen LogP contribution in [0.1, 0.15) is 23.2 Å². The minimum absolute atomic E-state index is 0.0962. The molecule has 0 saturated heterocycles. The van der Waals surface area contributed by atoms with E-state index in [1.165, 1.54) is 6.26 Å². The van der Waals surface area contributed by atoms with E-state index in [0.29, 0.717) is 16.5 Å². The van der Waals surface area contributed by atoms with Crippen molar-refractivity contribution in [1.82, 2.24) is 0 Å². The van der Waals surface area contributed by atoms with Crippen LogP contribution in [0.4, 0.5) is 13.2 Å². The van der Waals surface area contributed by atoms with Crippen molar-refractivity contribution >= 4 is 16.8 Å². The fraction of sp³-hybridized carbons (Fsp3) is 0.357. The van der Waals surface area contributed by atoms with Crippen molar-refractivity contribution in [3.8, 4) is 0 Å². The third-order valence-electron chi connectivity index (χ3n) is 2.76. The molecule has 1 aromatic heterocycles. The summed E-state index contributed by atoms with van der Waals surface area (Å²) in [5.74, 6) is -0.304. The zero-order valence-corrected chi connectivity index (χ0v) is 10.6. The van der Waals surface area contributed by atoms with Gasteiger partial charge in [-0.15, -0.1) is 0 Å². The van der Waals surface area contributed by atoms with Crippen LogP contribution in [-0.2, 0) is 4.74 Å². The Labute approximate surface area is 113 Å². The zero-order chi connectivity index (χ0) is 14.6. The topological polar surface area (TPSA) is 39.4 Å². The number of furan rings is 1. The number of halogens is 3. The minimum atomic E-state index is -4.19. The standard InChI is InChI=1S/C14H13F3O3/c15-14(16,17)6-3-7-19-9-12(18)11-8-20-13-5-2-1-4-10(11)13/h1-2,4-5,8H,3,6-7,9H2. The first-order valence-corrected chi connectivity index (χ1v) is 6.11. The summed E-state index contributed by atoms with van der Waals surface area (Å²) in [7, 11) is 0. The molecule has 0 spiro atoms. The van der Waals surface area contributed by atoms with Crippen LogP contribution < -0.4 is 0 Å². The highest BCUT2D eigenvalue weighted by Gasteiger charge is 2.26. The van der Waals surface area contributed by atoms with E-state index in [4.69, 9.17) is 9.15 Å². The average molecular weight is 286 g/mol. The molecule has 3 nitrogen and oxygen atoms in total. The third-order valence-corrected chi connectivity index (χ3v) is 2.76. The lowest BCUT2D eigenvalue weighted by Gasteiger charge is -2.06. The zero-order valence-electron chi connectivity index (χ0n) is 10.6. The predicted molar refractivity (Wildman–Crippen MR) is 66.7 cm³/mol. The quantitative estimate of drug-likeness (QED) is 0.595. The lowest BCUT2D eigenvalue weighted by molar-refractivity contribution is -0.137. The highest BCUT2D eigenvalue weighted by Crippen LogP contribution is 2.22. The van der Waals surface area contributed by atoms with Gasteiger partial charge < -0.3 is 9.15 Å². The van der Waals surface area contributed by atoms with Gasteiger partial charge in [0, 0.05) is 18.4 Å². The van der Waals surface area contributed by atoms with E-state index in [9.17, 15) is 18.0 Å². The molecule has 2 aromatic rings. The fourth-order valence-electron chi connectivity index (χ4n) is 1.81. The fourth-order valence-corrected chi connectivity index (χ4v) is 1.81. The molecular formula is C14H13F3O3. The van der Waals surface area contributed by atoms with Crippen molar-refractivity contribution in [3.05, 3.63) is 36.1 Å². The SMILES string of the molecule is O=C(COCCCC(F)(F)F)c1coc2ccccc12. The van der Waals surface area contributed by atoms with E-state index in [1.807, 2.05) is 0 Å². The Kier molecular flexibility index (Phi) is 4.44. The van der Waals surface area contributed by atoms with Crippen molar-refractivity contribution in [2.75, 3.05) is 13.2 Å². The molecule has 0 N–H and O–H groups in total. The van der Waals surface area contributed by atoms with Crippen molar-refractivity contribution in [3.63, 3.8) is 0 Å². The van der Waals surface area contributed by atoms with E-state index in [0.717, 1.165) is 0 Å². The van der Waals surface area contributed by atoms with Crippen LogP contribution >= 0.6 is 0 Å². The van der Waals surface area contributed by atoms with E-state index in [-0.39, 0.29) is 25.4 Å². The largest absolute Gasteiger partial charge is 0.464 e. The summed E-state index contributed by atoms with van der Waals surface area (Å²) < 4.78 is 45.9. The van der Waals surface area contributed by atoms with Gasteiger partial charge in [-0.25, -0.2) is 0 Å². The van der Waals surface area contributed by atoms with E-state index < -0.39 is 12.6 Å². The molecule has 0 fully saturated rings.